The largest absolute Gasteiger partial charge is 0.398 e. The van der Waals surface area contributed by atoms with E-state index in [0.29, 0.717) is 11.3 Å². The van der Waals surface area contributed by atoms with Crippen LogP contribution in [0.15, 0.2) is 12.1 Å². The zero-order valence-corrected chi connectivity index (χ0v) is 6.23. The molecule has 1 amide bonds. The second-order valence-electron chi connectivity index (χ2n) is 2.67. The highest BCUT2D eigenvalue weighted by molar-refractivity contribution is 6.03. The van der Waals surface area contributed by atoms with Gasteiger partial charge in [0.25, 0.3) is 5.91 Å². The molecule has 0 radical (unpaired) electrons. The van der Waals surface area contributed by atoms with Crippen LogP contribution in [-0.2, 0) is 6.54 Å². The van der Waals surface area contributed by atoms with Crippen LogP contribution in [0.4, 0.5) is 10.1 Å². The van der Waals surface area contributed by atoms with E-state index in [4.69, 9.17) is 5.73 Å². The lowest BCUT2D eigenvalue weighted by Crippen LogP contribution is -2.13. The molecule has 12 heavy (non-hydrogen) atoms. The Balaban J connectivity index is 2.72. The van der Waals surface area contributed by atoms with Crippen molar-refractivity contribution in [3.8, 4) is 0 Å². The number of rotatable bonds is 0. The van der Waals surface area contributed by atoms with E-state index in [9.17, 15) is 9.18 Å². The third-order valence-electron chi connectivity index (χ3n) is 1.94. The minimum atomic E-state index is -0.377. The first-order valence-electron chi connectivity index (χ1n) is 3.55. The van der Waals surface area contributed by atoms with Crippen LogP contribution < -0.4 is 11.1 Å². The Morgan fingerprint density at radius 3 is 2.92 bits per heavy atom. The molecule has 1 aromatic rings. The fourth-order valence-corrected chi connectivity index (χ4v) is 1.34. The summed E-state index contributed by atoms with van der Waals surface area (Å²) < 4.78 is 13.0. The van der Waals surface area contributed by atoms with E-state index in [2.05, 4.69) is 5.32 Å². The van der Waals surface area contributed by atoms with Gasteiger partial charge in [-0.2, -0.15) is 0 Å². The molecule has 1 aromatic carbocycles. The van der Waals surface area contributed by atoms with E-state index in [0.717, 1.165) is 0 Å². The molecule has 2 rings (SSSR count). The van der Waals surface area contributed by atoms with Gasteiger partial charge in [0.1, 0.15) is 5.82 Å². The Morgan fingerprint density at radius 2 is 2.25 bits per heavy atom. The van der Waals surface area contributed by atoms with Gasteiger partial charge in [0.05, 0.1) is 5.56 Å². The van der Waals surface area contributed by atoms with Gasteiger partial charge < -0.3 is 11.1 Å². The molecule has 0 saturated carbocycles. The minimum Gasteiger partial charge on any atom is -0.398 e. The molecule has 0 saturated heterocycles. The van der Waals surface area contributed by atoms with Crippen LogP contribution in [-0.4, -0.2) is 5.91 Å². The van der Waals surface area contributed by atoms with Crippen LogP contribution in [0.25, 0.3) is 0 Å². The van der Waals surface area contributed by atoms with Crippen molar-refractivity contribution in [3.63, 3.8) is 0 Å². The van der Waals surface area contributed by atoms with E-state index in [1.807, 2.05) is 0 Å². The number of hydrogen-bond donors (Lipinski definition) is 2. The maximum absolute atomic E-state index is 13.0. The Morgan fingerprint density at radius 1 is 1.50 bits per heavy atom. The maximum atomic E-state index is 13.0. The van der Waals surface area contributed by atoms with E-state index in [-0.39, 0.29) is 23.8 Å². The summed E-state index contributed by atoms with van der Waals surface area (Å²) in [4.78, 5) is 11.1. The summed E-state index contributed by atoms with van der Waals surface area (Å²) in [5.74, 6) is -0.667. The van der Waals surface area contributed by atoms with Crippen LogP contribution in [0.1, 0.15) is 15.9 Å². The van der Waals surface area contributed by atoms with E-state index in [1.54, 1.807) is 0 Å². The van der Waals surface area contributed by atoms with Crippen LogP contribution in [0, 0.1) is 5.82 Å². The molecule has 0 aliphatic carbocycles. The number of fused-ring (bicyclic) bond motifs is 1. The first-order valence-corrected chi connectivity index (χ1v) is 3.55. The van der Waals surface area contributed by atoms with Gasteiger partial charge in [0.2, 0.25) is 0 Å². The fraction of sp³-hybridized carbons (Fsp3) is 0.125. The predicted octanol–water partition coefficient (Wildman–Crippen LogP) is 0.651. The topological polar surface area (TPSA) is 55.1 Å². The number of benzene rings is 1. The Labute approximate surface area is 68.4 Å². The zero-order valence-electron chi connectivity index (χ0n) is 6.23. The maximum Gasteiger partial charge on any atom is 0.254 e. The quantitative estimate of drug-likeness (QED) is 0.556. The second kappa shape index (κ2) is 2.20. The number of nitrogen functional groups attached to an aromatic ring is 1. The van der Waals surface area contributed by atoms with Crippen LogP contribution in [0.5, 0.6) is 0 Å². The number of nitrogens with two attached hydrogens (primary N) is 1. The normalized spacial score (nSPS) is 14.2. The molecule has 0 atom stereocenters. The summed E-state index contributed by atoms with van der Waals surface area (Å²) in [6, 6.07) is 2.67. The molecular formula is C8H7FN2O. The molecule has 0 unspecified atom stereocenters. The molecule has 0 aromatic heterocycles. The smallest absolute Gasteiger partial charge is 0.254 e. The monoisotopic (exact) mass is 166 g/mol. The third kappa shape index (κ3) is 0.777. The van der Waals surface area contributed by atoms with Crippen LogP contribution in [0.3, 0.4) is 0 Å². The van der Waals surface area contributed by atoms with Gasteiger partial charge in [0, 0.05) is 17.8 Å². The van der Waals surface area contributed by atoms with E-state index < -0.39 is 0 Å². The van der Waals surface area contributed by atoms with Crippen molar-refractivity contribution in [1.29, 1.82) is 0 Å². The van der Waals surface area contributed by atoms with Crippen molar-refractivity contribution in [2.75, 3.05) is 5.73 Å². The molecule has 0 bridgehead atoms. The minimum absolute atomic E-state index is 0.241. The van der Waals surface area contributed by atoms with Crippen molar-refractivity contribution in [1.82, 2.24) is 5.32 Å². The number of carbonyl (C=O) groups excluding carboxylic acids is 1. The Bertz CT molecular complexity index is 362. The lowest BCUT2D eigenvalue weighted by atomic mass is 10.1. The first-order chi connectivity index (χ1) is 5.70. The molecular weight excluding hydrogens is 159 g/mol. The van der Waals surface area contributed by atoms with Crippen molar-refractivity contribution < 1.29 is 9.18 Å². The standard InChI is InChI=1S/C8H7FN2O/c9-5-1-2-6(10)7-4(5)3-11-8(7)12/h1-2H,3,10H2,(H,11,12). The summed E-state index contributed by atoms with van der Waals surface area (Å²) in [5.41, 5.74) is 6.50. The highest BCUT2D eigenvalue weighted by atomic mass is 19.1. The van der Waals surface area contributed by atoms with E-state index >= 15 is 0 Å². The lowest BCUT2D eigenvalue weighted by molar-refractivity contribution is 0.0966. The molecule has 3 N–H and O–H groups in total. The number of halogens is 1. The van der Waals surface area contributed by atoms with Gasteiger partial charge in [-0.1, -0.05) is 0 Å². The van der Waals surface area contributed by atoms with Crippen LogP contribution >= 0.6 is 0 Å². The lowest BCUT2D eigenvalue weighted by Gasteiger charge is -2.00. The number of hydrogen-bond acceptors (Lipinski definition) is 2. The van der Waals surface area contributed by atoms with Crippen molar-refractivity contribution in [2.24, 2.45) is 0 Å². The summed E-state index contributed by atoms with van der Waals surface area (Å²) in [6.45, 7) is 0.241. The van der Waals surface area contributed by atoms with Gasteiger partial charge in [-0.3, -0.25) is 4.79 Å². The number of anilines is 1. The fourth-order valence-electron chi connectivity index (χ4n) is 1.34. The molecule has 3 nitrogen and oxygen atoms in total. The van der Waals surface area contributed by atoms with Gasteiger partial charge in [-0.05, 0) is 12.1 Å². The molecule has 1 heterocycles. The van der Waals surface area contributed by atoms with Crippen molar-refractivity contribution in [3.05, 3.63) is 29.1 Å². The van der Waals surface area contributed by atoms with Crippen molar-refractivity contribution >= 4 is 11.6 Å². The molecule has 1 aliphatic heterocycles. The summed E-state index contributed by atoms with van der Waals surface area (Å²) in [5, 5.41) is 2.51. The Hall–Kier alpha value is -1.58. The van der Waals surface area contributed by atoms with Crippen molar-refractivity contribution in [2.45, 2.75) is 6.54 Å². The van der Waals surface area contributed by atoms with Gasteiger partial charge >= 0.3 is 0 Å². The summed E-state index contributed by atoms with van der Waals surface area (Å²) >= 11 is 0. The van der Waals surface area contributed by atoms with E-state index in [1.165, 1.54) is 12.1 Å². The zero-order chi connectivity index (χ0) is 8.72. The number of carbonyl (C=O) groups is 1. The number of nitrogens with one attached hydrogen (secondary N) is 1. The molecule has 0 fully saturated rings. The first kappa shape index (κ1) is 7.09. The highest BCUT2D eigenvalue weighted by Gasteiger charge is 2.24. The molecule has 4 heteroatoms. The molecule has 1 aliphatic rings. The second-order valence-corrected chi connectivity index (χ2v) is 2.67. The highest BCUT2D eigenvalue weighted by Crippen LogP contribution is 2.24. The average molecular weight is 166 g/mol. The average Bonchev–Trinajstić information content (AvgIpc) is 2.42. The summed E-state index contributed by atoms with van der Waals surface area (Å²) in [7, 11) is 0. The third-order valence-corrected chi connectivity index (χ3v) is 1.94. The van der Waals surface area contributed by atoms with Crippen LogP contribution in [0.2, 0.25) is 0 Å². The Kier molecular flexibility index (Phi) is 1.30. The van der Waals surface area contributed by atoms with Gasteiger partial charge in [-0.15, -0.1) is 0 Å². The SMILES string of the molecule is Nc1ccc(F)c2c1C(=O)NC2. The number of amides is 1. The molecule has 62 valence electrons. The van der Waals surface area contributed by atoms with Gasteiger partial charge in [0.15, 0.2) is 0 Å². The predicted molar refractivity (Wildman–Crippen MR) is 42.0 cm³/mol. The molecule has 0 spiro atoms. The summed E-state index contributed by atoms with van der Waals surface area (Å²) in [6.07, 6.45) is 0. The van der Waals surface area contributed by atoms with Gasteiger partial charge in [-0.25, -0.2) is 4.39 Å².